The highest BCUT2D eigenvalue weighted by molar-refractivity contribution is 4.79. The van der Waals surface area contributed by atoms with Crippen molar-refractivity contribution < 1.29 is 9.92 Å². The van der Waals surface area contributed by atoms with Gasteiger partial charge in [0.15, 0.2) is 0 Å². The minimum Gasteiger partial charge on any atom is -0.327 e. The van der Waals surface area contributed by atoms with Crippen LogP contribution < -0.4 is 5.73 Å². The van der Waals surface area contributed by atoms with Crippen LogP contribution in [-0.4, -0.2) is 17.7 Å². The third kappa shape index (κ3) is 2.34. The van der Waals surface area contributed by atoms with Crippen LogP contribution in [0, 0.1) is 16.0 Å². The topological polar surface area (TPSA) is 78.4 Å². The summed E-state index contributed by atoms with van der Waals surface area (Å²) >= 11 is 0. The standard InChI is InChI=1S/C6H12N2O3/c7-6-3-1-2-5(6)4-11-8(9)10/h5-6H,1-4,7H2/t5-,6+/m0/s1. The quantitative estimate of drug-likeness (QED) is 0.476. The van der Waals surface area contributed by atoms with Gasteiger partial charge in [-0.2, -0.15) is 0 Å². The van der Waals surface area contributed by atoms with Gasteiger partial charge in [0, 0.05) is 6.04 Å². The van der Waals surface area contributed by atoms with Gasteiger partial charge < -0.3 is 10.6 Å². The molecule has 0 bridgehead atoms. The lowest BCUT2D eigenvalue weighted by molar-refractivity contribution is -0.759. The van der Waals surface area contributed by atoms with Crippen molar-refractivity contribution in [2.75, 3.05) is 6.61 Å². The first-order valence-corrected chi connectivity index (χ1v) is 3.73. The van der Waals surface area contributed by atoms with Gasteiger partial charge in [0.05, 0.1) is 0 Å². The molecule has 0 heterocycles. The summed E-state index contributed by atoms with van der Waals surface area (Å²) in [6, 6.07) is 0.0925. The van der Waals surface area contributed by atoms with Crippen molar-refractivity contribution in [2.24, 2.45) is 11.7 Å². The maximum atomic E-state index is 9.81. The monoisotopic (exact) mass is 160 g/mol. The predicted octanol–water partition coefficient (Wildman–Crippen LogP) is 0.322. The first-order valence-electron chi connectivity index (χ1n) is 3.73. The normalized spacial score (nSPS) is 30.3. The van der Waals surface area contributed by atoms with Crippen LogP contribution in [0.5, 0.6) is 0 Å². The molecule has 0 spiro atoms. The van der Waals surface area contributed by atoms with Crippen molar-refractivity contribution in [3.8, 4) is 0 Å². The molecule has 5 heteroatoms. The number of nitrogens with zero attached hydrogens (tertiary/aromatic N) is 1. The van der Waals surface area contributed by atoms with Crippen molar-refractivity contribution in [1.82, 2.24) is 0 Å². The largest absolute Gasteiger partial charge is 0.327 e. The van der Waals surface area contributed by atoms with Gasteiger partial charge in [0.2, 0.25) is 0 Å². The van der Waals surface area contributed by atoms with E-state index in [1.54, 1.807) is 0 Å². The molecule has 1 aliphatic rings. The van der Waals surface area contributed by atoms with E-state index in [2.05, 4.69) is 4.84 Å². The van der Waals surface area contributed by atoms with Crippen molar-refractivity contribution in [3.05, 3.63) is 10.1 Å². The molecule has 0 amide bonds. The number of hydrogen-bond acceptors (Lipinski definition) is 4. The van der Waals surface area contributed by atoms with Crippen LogP contribution in [0.1, 0.15) is 19.3 Å². The summed E-state index contributed by atoms with van der Waals surface area (Å²) in [6.45, 7) is 0.161. The van der Waals surface area contributed by atoms with Gasteiger partial charge in [0.25, 0.3) is 5.09 Å². The molecule has 0 aliphatic heterocycles. The van der Waals surface area contributed by atoms with Gasteiger partial charge in [-0.15, -0.1) is 10.1 Å². The molecule has 0 unspecified atom stereocenters. The van der Waals surface area contributed by atoms with Crippen LogP contribution in [0.3, 0.4) is 0 Å². The molecule has 64 valence electrons. The molecule has 2 atom stereocenters. The minimum absolute atomic E-state index is 0.0925. The fraction of sp³-hybridized carbons (Fsp3) is 1.00. The first kappa shape index (κ1) is 8.26. The van der Waals surface area contributed by atoms with Crippen molar-refractivity contribution >= 4 is 0 Å². The van der Waals surface area contributed by atoms with Crippen LogP contribution in [-0.2, 0) is 4.84 Å². The van der Waals surface area contributed by atoms with Crippen LogP contribution in [0.15, 0.2) is 0 Å². The molecule has 1 saturated carbocycles. The Morgan fingerprint density at radius 1 is 1.64 bits per heavy atom. The zero-order valence-electron chi connectivity index (χ0n) is 6.23. The highest BCUT2D eigenvalue weighted by atomic mass is 16.9. The van der Waals surface area contributed by atoms with E-state index < -0.39 is 5.09 Å². The van der Waals surface area contributed by atoms with E-state index in [0.29, 0.717) is 0 Å². The predicted molar refractivity (Wildman–Crippen MR) is 38.3 cm³/mol. The third-order valence-electron chi connectivity index (χ3n) is 2.11. The highest BCUT2D eigenvalue weighted by Crippen LogP contribution is 2.23. The lowest BCUT2D eigenvalue weighted by atomic mass is 10.1. The molecule has 0 aromatic carbocycles. The summed E-state index contributed by atoms with van der Waals surface area (Å²) in [6.07, 6.45) is 2.98. The van der Waals surface area contributed by atoms with E-state index in [-0.39, 0.29) is 18.6 Å². The van der Waals surface area contributed by atoms with E-state index in [0.717, 1.165) is 19.3 Å². The maximum absolute atomic E-state index is 9.81. The van der Waals surface area contributed by atoms with E-state index in [1.165, 1.54) is 0 Å². The second kappa shape index (κ2) is 3.52. The number of rotatable bonds is 3. The molecular formula is C6H12N2O3. The molecular weight excluding hydrogens is 148 g/mol. The van der Waals surface area contributed by atoms with Crippen LogP contribution in [0.25, 0.3) is 0 Å². The van der Waals surface area contributed by atoms with Crippen LogP contribution >= 0.6 is 0 Å². The van der Waals surface area contributed by atoms with Crippen LogP contribution in [0.2, 0.25) is 0 Å². The van der Waals surface area contributed by atoms with Crippen LogP contribution in [0.4, 0.5) is 0 Å². The first-order chi connectivity index (χ1) is 5.20. The number of hydrogen-bond donors (Lipinski definition) is 1. The molecule has 0 radical (unpaired) electrons. The van der Waals surface area contributed by atoms with E-state index in [4.69, 9.17) is 5.73 Å². The smallest absolute Gasteiger partial charge is 0.294 e. The zero-order chi connectivity index (χ0) is 8.27. The maximum Gasteiger partial charge on any atom is 0.294 e. The highest BCUT2D eigenvalue weighted by Gasteiger charge is 2.24. The minimum atomic E-state index is -0.759. The summed E-state index contributed by atoms with van der Waals surface area (Å²) in [7, 11) is 0. The number of nitrogens with two attached hydrogens (primary N) is 1. The van der Waals surface area contributed by atoms with E-state index in [9.17, 15) is 10.1 Å². The Bertz CT molecular complexity index is 151. The zero-order valence-corrected chi connectivity index (χ0v) is 6.23. The summed E-state index contributed by atoms with van der Waals surface area (Å²) in [4.78, 5) is 14.0. The molecule has 1 fully saturated rings. The van der Waals surface area contributed by atoms with Gasteiger partial charge in [-0.1, -0.05) is 6.42 Å². The Labute approximate surface area is 64.6 Å². The Balaban J connectivity index is 2.20. The molecule has 11 heavy (non-hydrogen) atoms. The fourth-order valence-electron chi connectivity index (χ4n) is 1.43. The summed E-state index contributed by atoms with van der Waals surface area (Å²) in [5, 5.41) is 9.05. The van der Waals surface area contributed by atoms with Gasteiger partial charge in [-0.25, -0.2) is 0 Å². The SMILES string of the molecule is N[C@@H]1CCC[C@H]1CO[N+](=O)[O-]. The van der Waals surface area contributed by atoms with Crippen molar-refractivity contribution in [2.45, 2.75) is 25.3 Å². The molecule has 5 nitrogen and oxygen atoms in total. The summed E-state index contributed by atoms with van der Waals surface area (Å²) < 4.78 is 0. The Morgan fingerprint density at radius 2 is 2.36 bits per heavy atom. The molecule has 0 aromatic heterocycles. The Hall–Kier alpha value is -0.840. The third-order valence-corrected chi connectivity index (χ3v) is 2.11. The molecule has 2 N–H and O–H groups in total. The van der Waals surface area contributed by atoms with Crippen molar-refractivity contribution in [3.63, 3.8) is 0 Å². The lowest BCUT2D eigenvalue weighted by Gasteiger charge is -2.12. The van der Waals surface area contributed by atoms with Gasteiger partial charge in [-0.3, -0.25) is 0 Å². The van der Waals surface area contributed by atoms with Gasteiger partial charge >= 0.3 is 0 Å². The molecule has 0 saturated heterocycles. The van der Waals surface area contributed by atoms with E-state index in [1.807, 2.05) is 0 Å². The molecule has 1 rings (SSSR count). The van der Waals surface area contributed by atoms with Gasteiger partial charge in [0.1, 0.15) is 6.61 Å². The van der Waals surface area contributed by atoms with Gasteiger partial charge in [-0.05, 0) is 18.8 Å². The fourth-order valence-corrected chi connectivity index (χ4v) is 1.43. The molecule has 0 aromatic rings. The summed E-state index contributed by atoms with van der Waals surface area (Å²) in [5.41, 5.74) is 5.66. The van der Waals surface area contributed by atoms with E-state index >= 15 is 0 Å². The Morgan fingerprint density at radius 3 is 2.82 bits per heavy atom. The summed E-state index contributed by atoms with van der Waals surface area (Å²) in [5.74, 6) is 0.181. The Kier molecular flexibility index (Phi) is 2.64. The average molecular weight is 160 g/mol. The van der Waals surface area contributed by atoms with Crippen molar-refractivity contribution in [1.29, 1.82) is 0 Å². The lowest BCUT2D eigenvalue weighted by Crippen LogP contribution is -2.28. The second-order valence-corrected chi connectivity index (χ2v) is 2.87. The second-order valence-electron chi connectivity index (χ2n) is 2.87. The average Bonchev–Trinajstić information content (AvgIpc) is 2.31. The molecule has 1 aliphatic carbocycles.